The highest BCUT2D eigenvalue weighted by Crippen LogP contribution is 2.25. The second kappa shape index (κ2) is 5.53. The van der Waals surface area contributed by atoms with Gasteiger partial charge in [0.2, 0.25) is 0 Å². The van der Waals surface area contributed by atoms with Crippen molar-refractivity contribution in [2.75, 3.05) is 32.1 Å². The van der Waals surface area contributed by atoms with Crippen LogP contribution in [0.5, 0.6) is 0 Å². The number of amides is 1. The summed E-state index contributed by atoms with van der Waals surface area (Å²) in [6.07, 6.45) is 0. The number of carbonyl (C=O) groups is 2. The molecule has 0 aliphatic carbocycles. The molecule has 108 valence electrons. The van der Waals surface area contributed by atoms with Crippen LogP contribution >= 0.6 is 0 Å². The van der Waals surface area contributed by atoms with E-state index >= 15 is 0 Å². The molecule has 0 bridgehead atoms. The lowest BCUT2D eigenvalue weighted by atomic mass is 9.99. The van der Waals surface area contributed by atoms with Gasteiger partial charge in [-0.3, -0.25) is 9.59 Å². The van der Waals surface area contributed by atoms with Crippen LogP contribution in [0, 0.1) is 11.8 Å². The minimum Gasteiger partial charge on any atom is -0.481 e. The largest absolute Gasteiger partial charge is 0.481 e. The molecule has 5 nitrogen and oxygen atoms in total. The number of carboxylic acids is 1. The van der Waals surface area contributed by atoms with Crippen LogP contribution in [-0.2, 0) is 4.79 Å². The maximum Gasteiger partial charge on any atom is 0.308 e. The molecule has 1 aliphatic heterocycles. The number of anilines is 1. The quantitative estimate of drug-likeness (QED) is 0.910. The maximum absolute atomic E-state index is 12.4. The average molecular weight is 276 g/mol. The van der Waals surface area contributed by atoms with Crippen LogP contribution in [0.25, 0.3) is 0 Å². The van der Waals surface area contributed by atoms with Gasteiger partial charge in [0.05, 0.1) is 5.92 Å². The summed E-state index contributed by atoms with van der Waals surface area (Å²) >= 11 is 0. The van der Waals surface area contributed by atoms with Gasteiger partial charge in [-0.05, 0) is 30.2 Å². The molecule has 0 saturated carbocycles. The molecule has 5 heteroatoms. The van der Waals surface area contributed by atoms with Gasteiger partial charge in [-0.25, -0.2) is 0 Å². The highest BCUT2D eigenvalue weighted by Gasteiger charge is 2.37. The Morgan fingerprint density at radius 1 is 1.20 bits per heavy atom. The van der Waals surface area contributed by atoms with Crippen LogP contribution in [0.1, 0.15) is 17.3 Å². The van der Waals surface area contributed by atoms with Crippen molar-refractivity contribution in [1.29, 1.82) is 0 Å². The first kappa shape index (κ1) is 14.4. The highest BCUT2D eigenvalue weighted by atomic mass is 16.4. The Morgan fingerprint density at radius 2 is 1.80 bits per heavy atom. The number of aliphatic carboxylic acids is 1. The van der Waals surface area contributed by atoms with Crippen molar-refractivity contribution < 1.29 is 14.7 Å². The summed E-state index contributed by atoms with van der Waals surface area (Å²) in [6, 6.07) is 7.36. The third kappa shape index (κ3) is 2.76. The molecule has 1 saturated heterocycles. The van der Waals surface area contributed by atoms with Crippen molar-refractivity contribution in [1.82, 2.24) is 4.90 Å². The number of rotatable bonds is 3. The van der Waals surface area contributed by atoms with Crippen LogP contribution in [0.3, 0.4) is 0 Å². The van der Waals surface area contributed by atoms with Crippen molar-refractivity contribution in [3.05, 3.63) is 29.8 Å². The van der Waals surface area contributed by atoms with Crippen molar-refractivity contribution >= 4 is 17.6 Å². The van der Waals surface area contributed by atoms with Crippen molar-refractivity contribution in [2.24, 2.45) is 11.8 Å². The molecule has 1 N–H and O–H groups in total. The number of nitrogens with zero attached hydrogens (tertiary/aromatic N) is 2. The topological polar surface area (TPSA) is 60.9 Å². The summed E-state index contributed by atoms with van der Waals surface area (Å²) in [7, 11) is 3.88. The van der Waals surface area contributed by atoms with Crippen LogP contribution in [0.2, 0.25) is 0 Å². The molecule has 2 atom stereocenters. The lowest BCUT2D eigenvalue weighted by Crippen LogP contribution is -2.29. The average Bonchev–Trinajstić information content (AvgIpc) is 2.80. The number of hydrogen-bond donors (Lipinski definition) is 1. The Balaban J connectivity index is 2.10. The summed E-state index contributed by atoms with van der Waals surface area (Å²) in [6.45, 7) is 2.68. The van der Waals surface area contributed by atoms with E-state index in [2.05, 4.69) is 0 Å². The molecule has 1 aromatic carbocycles. The van der Waals surface area contributed by atoms with Gasteiger partial charge in [-0.15, -0.1) is 0 Å². The predicted molar refractivity (Wildman–Crippen MR) is 77.0 cm³/mol. The van der Waals surface area contributed by atoms with Gasteiger partial charge < -0.3 is 14.9 Å². The van der Waals surface area contributed by atoms with Crippen LogP contribution in [-0.4, -0.2) is 49.1 Å². The normalized spacial score (nSPS) is 21.9. The van der Waals surface area contributed by atoms with E-state index in [1.54, 1.807) is 17.0 Å². The lowest BCUT2D eigenvalue weighted by Gasteiger charge is -2.17. The summed E-state index contributed by atoms with van der Waals surface area (Å²) in [4.78, 5) is 27.1. The summed E-state index contributed by atoms with van der Waals surface area (Å²) in [5.74, 6) is -1.38. The van der Waals surface area contributed by atoms with E-state index < -0.39 is 11.9 Å². The van der Waals surface area contributed by atoms with Gasteiger partial charge in [0, 0.05) is 38.4 Å². The fraction of sp³-hybridized carbons (Fsp3) is 0.467. The van der Waals surface area contributed by atoms with Crippen LogP contribution < -0.4 is 4.90 Å². The van der Waals surface area contributed by atoms with Gasteiger partial charge in [0.15, 0.2) is 0 Å². The minimum absolute atomic E-state index is 0.00232. The highest BCUT2D eigenvalue weighted by molar-refractivity contribution is 5.95. The van der Waals surface area contributed by atoms with Crippen molar-refractivity contribution in [2.45, 2.75) is 6.92 Å². The van der Waals surface area contributed by atoms with E-state index in [1.165, 1.54) is 0 Å². The molecule has 1 fully saturated rings. The molecule has 1 heterocycles. The van der Waals surface area contributed by atoms with E-state index in [4.69, 9.17) is 5.11 Å². The fourth-order valence-electron chi connectivity index (χ4n) is 2.54. The van der Waals surface area contributed by atoms with E-state index in [0.29, 0.717) is 18.7 Å². The maximum atomic E-state index is 12.4. The van der Waals surface area contributed by atoms with E-state index in [1.807, 2.05) is 38.1 Å². The monoisotopic (exact) mass is 276 g/mol. The zero-order valence-electron chi connectivity index (χ0n) is 12.0. The molecular formula is C15H20N2O3. The Labute approximate surface area is 118 Å². The summed E-state index contributed by atoms with van der Waals surface area (Å²) in [5, 5.41) is 9.11. The molecule has 20 heavy (non-hydrogen) atoms. The van der Waals surface area contributed by atoms with E-state index in [9.17, 15) is 9.59 Å². The van der Waals surface area contributed by atoms with Crippen molar-refractivity contribution in [3.63, 3.8) is 0 Å². The van der Waals surface area contributed by atoms with Gasteiger partial charge in [-0.1, -0.05) is 6.92 Å². The number of carboxylic acid groups (broad SMARTS) is 1. The van der Waals surface area contributed by atoms with Gasteiger partial charge in [-0.2, -0.15) is 0 Å². The van der Waals surface area contributed by atoms with Crippen LogP contribution in [0.15, 0.2) is 24.3 Å². The first-order valence-corrected chi connectivity index (χ1v) is 6.69. The molecular weight excluding hydrogens is 256 g/mol. The SMILES string of the molecule is C[C@@H]1CN(C(=O)c2ccc(N(C)C)cc2)C[C@H]1C(=O)O. The number of likely N-dealkylation sites (tertiary alicyclic amines) is 1. The Bertz CT molecular complexity index is 510. The molecule has 0 spiro atoms. The Morgan fingerprint density at radius 3 is 2.25 bits per heavy atom. The molecule has 0 aromatic heterocycles. The third-order valence-electron chi connectivity index (χ3n) is 3.85. The van der Waals surface area contributed by atoms with Crippen LogP contribution in [0.4, 0.5) is 5.69 Å². The molecule has 0 unspecified atom stereocenters. The van der Waals surface area contributed by atoms with Crippen molar-refractivity contribution in [3.8, 4) is 0 Å². The molecule has 0 radical (unpaired) electrons. The summed E-state index contributed by atoms with van der Waals surface area (Å²) < 4.78 is 0. The standard InChI is InChI=1S/C15H20N2O3/c1-10-8-17(9-13(10)15(19)20)14(18)11-4-6-12(7-5-11)16(2)3/h4-7,10,13H,8-9H2,1-3H3,(H,19,20)/t10-,13-/m1/s1. The van der Waals surface area contributed by atoms with E-state index in [-0.39, 0.29) is 11.8 Å². The van der Waals surface area contributed by atoms with Gasteiger partial charge >= 0.3 is 5.97 Å². The zero-order valence-corrected chi connectivity index (χ0v) is 12.0. The number of hydrogen-bond acceptors (Lipinski definition) is 3. The van der Waals surface area contributed by atoms with Gasteiger partial charge in [0.25, 0.3) is 5.91 Å². The van der Waals surface area contributed by atoms with E-state index in [0.717, 1.165) is 5.69 Å². The molecule has 1 amide bonds. The van der Waals surface area contributed by atoms with Gasteiger partial charge in [0.1, 0.15) is 0 Å². The molecule has 1 aromatic rings. The first-order valence-electron chi connectivity index (χ1n) is 6.69. The fourth-order valence-corrected chi connectivity index (χ4v) is 2.54. The molecule has 1 aliphatic rings. The smallest absolute Gasteiger partial charge is 0.308 e. The lowest BCUT2D eigenvalue weighted by molar-refractivity contribution is -0.142. The Hall–Kier alpha value is -2.04. The first-order chi connectivity index (χ1) is 9.40. The molecule has 2 rings (SSSR count). The Kier molecular flexibility index (Phi) is 3.97. The second-order valence-corrected chi connectivity index (χ2v) is 5.57. The second-order valence-electron chi connectivity index (χ2n) is 5.57. The third-order valence-corrected chi connectivity index (χ3v) is 3.85. The number of benzene rings is 1. The summed E-state index contributed by atoms with van der Waals surface area (Å²) in [5.41, 5.74) is 1.63. The number of carbonyl (C=O) groups excluding carboxylic acids is 1. The predicted octanol–water partition coefficient (Wildman–Crippen LogP) is 1.55. The minimum atomic E-state index is -0.823. The zero-order chi connectivity index (χ0) is 14.9.